The Labute approximate surface area is 147 Å². The van der Waals surface area contributed by atoms with Crippen LogP contribution in [0, 0.1) is 19.8 Å². The third kappa shape index (κ3) is 3.65. The van der Waals surface area contributed by atoms with Gasteiger partial charge in [-0.1, -0.05) is 23.8 Å². The molecule has 5 heteroatoms. The lowest BCUT2D eigenvalue weighted by molar-refractivity contribution is -0.122. The van der Waals surface area contributed by atoms with Gasteiger partial charge < -0.3 is 15.0 Å². The fourth-order valence-corrected chi connectivity index (χ4v) is 3.17. The molecular formula is C20H22N2O3. The normalized spacial score (nSPS) is 16.8. The van der Waals surface area contributed by atoms with Crippen LogP contribution < -0.4 is 15.0 Å². The van der Waals surface area contributed by atoms with Gasteiger partial charge >= 0.3 is 0 Å². The molecule has 1 heterocycles. The lowest BCUT2D eigenvalue weighted by Gasteiger charge is -2.19. The van der Waals surface area contributed by atoms with E-state index in [9.17, 15) is 9.59 Å². The molecule has 25 heavy (non-hydrogen) atoms. The number of anilines is 2. The third-order valence-electron chi connectivity index (χ3n) is 4.48. The maximum Gasteiger partial charge on any atom is 0.229 e. The van der Waals surface area contributed by atoms with E-state index in [-0.39, 0.29) is 24.2 Å². The van der Waals surface area contributed by atoms with Gasteiger partial charge in [-0.05, 0) is 37.6 Å². The van der Waals surface area contributed by atoms with E-state index in [1.54, 1.807) is 24.1 Å². The molecule has 0 spiro atoms. The van der Waals surface area contributed by atoms with Crippen LogP contribution in [0.2, 0.25) is 0 Å². The second-order valence-corrected chi connectivity index (χ2v) is 6.42. The van der Waals surface area contributed by atoms with Crippen molar-refractivity contribution < 1.29 is 14.3 Å². The Morgan fingerprint density at radius 2 is 2.00 bits per heavy atom. The summed E-state index contributed by atoms with van der Waals surface area (Å²) >= 11 is 0. The van der Waals surface area contributed by atoms with E-state index in [0.29, 0.717) is 18.0 Å². The summed E-state index contributed by atoms with van der Waals surface area (Å²) in [6.45, 7) is 4.41. The second kappa shape index (κ2) is 6.97. The molecule has 1 N–H and O–H groups in total. The molecule has 2 aromatic rings. The number of ether oxygens (including phenoxy) is 1. The van der Waals surface area contributed by atoms with Gasteiger partial charge in [0.15, 0.2) is 0 Å². The summed E-state index contributed by atoms with van der Waals surface area (Å²) in [7, 11) is 1.58. The number of rotatable bonds is 4. The van der Waals surface area contributed by atoms with Crippen LogP contribution in [0.4, 0.5) is 11.4 Å². The van der Waals surface area contributed by atoms with Crippen LogP contribution >= 0.6 is 0 Å². The number of hydrogen-bond donors (Lipinski definition) is 1. The third-order valence-corrected chi connectivity index (χ3v) is 4.48. The summed E-state index contributed by atoms with van der Waals surface area (Å²) in [5.41, 5.74) is 3.75. The van der Waals surface area contributed by atoms with Crippen molar-refractivity contribution in [3.8, 4) is 5.75 Å². The number of carbonyl (C=O) groups excluding carboxylic acids is 2. The second-order valence-electron chi connectivity index (χ2n) is 6.42. The molecule has 0 unspecified atom stereocenters. The average molecular weight is 338 g/mol. The number of hydrogen-bond acceptors (Lipinski definition) is 3. The first-order chi connectivity index (χ1) is 12.0. The number of carbonyl (C=O) groups is 2. The molecule has 0 aromatic heterocycles. The Morgan fingerprint density at radius 1 is 1.20 bits per heavy atom. The Hall–Kier alpha value is -2.82. The van der Waals surface area contributed by atoms with E-state index >= 15 is 0 Å². The minimum atomic E-state index is -0.362. The Kier molecular flexibility index (Phi) is 4.74. The van der Waals surface area contributed by atoms with Crippen LogP contribution in [0.15, 0.2) is 42.5 Å². The Balaban J connectivity index is 1.72. The number of amides is 2. The SMILES string of the molecule is COc1cccc(NC(=O)[C@@H]2CC(=O)N(c3ccc(C)cc3C)C2)c1. The molecule has 2 aromatic carbocycles. The molecule has 1 aliphatic heterocycles. The highest BCUT2D eigenvalue weighted by Crippen LogP contribution is 2.29. The van der Waals surface area contributed by atoms with E-state index in [4.69, 9.17) is 4.74 Å². The summed E-state index contributed by atoms with van der Waals surface area (Å²) in [5.74, 6) is 0.156. The molecule has 1 fully saturated rings. The van der Waals surface area contributed by atoms with E-state index in [2.05, 4.69) is 5.32 Å². The molecule has 5 nitrogen and oxygen atoms in total. The summed E-state index contributed by atoms with van der Waals surface area (Å²) in [4.78, 5) is 26.7. The molecule has 2 amide bonds. The van der Waals surface area contributed by atoms with Crippen molar-refractivity contribution in [2.45, 2.75) is 20.3 Å². The van der Waals surface area contributed by atoms with E-state index in [1.807, 2.05) is 44.2 Å². The smallest absolute Gasteiger partial charge is 0.229 e. The van der Waals surface area contributed by atoms with Crippen LogP contribution in [0.25, 0.3) is 0 Å². The monoisotopic (exact) mass is 338 g/mol. The van der Waals surface area contributed by atoms with Gasteiger partial charge in [0, 0.05) is 30.4 Å². The Bertz CT molecular complexity index is 816. The highest BCUT2D eigenvalue weighted by molar-refractivity contribution is 6.03. The lowest BCUT2D eigenvalue weighted by Crippen LogP contribution is -2.28. The highest BCUT2D eigenvalue weighted by Gasteiger charge is 2.35. The summed E-state index contributed by atoms with van der Waals surface area (Å²) < 4.78 is 5.16. The first-order valence-corrected chi connectivity index (χ1v) is 8.30. The molecule has 0 aliphatic carbocycles. The predicted molar refractivity (Wildman–Crippen MR) is 98.0 cm³/mol. The van der Waals surface area contributed by atoms with Crippen molar-refractivity contribution in [1.82, 2.24) is 0 Å². The van der Waals surface area contributed by atoms with Crippen LogP contribution in [0.5, 0.6) is 5.75 Å². The van der Waals surface area contributed by atoms with Crippen LogP contribution in [-0.4, -0.2) is 25.5 Å². The average Bonchev–Trinajstić information content (AvgIpc) is 2.97. The molecule has 130 valence electrons. The van der Waals surface area contributed by atoms with Gasteiger partial charge in [-0.25, -0.2) is 0 Å². The zero-order chi connectivity index (χ0) is 18.0. The number of aryl methyl sites for hydroxylation is 2. The van der Waals surface area contributed by atoms with Gasteiger partial charge in [0.1, 0.15) is 5.75 Å². The van der Waals surface area contributed by atoms with Crippen LogP contribution in [0.3, 0.4) is 0 Å². The molecule has 3 rings (SSSR count). The van der Waals surface area contributed by atoms with Crippen molar-refractivity contribution in [2.24, 2.45) is 5.92 Å². The van der Waals surface area contributed by atoms with Gasteiger partial charge in [0.05, 0.1) is 13.0 Å². The molecule has 1 atom stereocenters. The number of benzene rings is 2. The van der Waals surface area contributed by atoms with E-state index in [0.717, 1.165) is 16.8 Å². The minimum Gasteiger partial charge on any atom is -0.497 e. The van der Waals surface area contributed by atoms with Crippen molar-refractivity contribution in [3.05, 3.63) is 53.6 Å². The number of nitrogens with one attached hydrogen (secondary N) is 1. The van der Waals surface area contributed by atoms with E-state index < -0.39 is 0 Å². The quantitative estimate of drug-likeness (QED) is 0.930. The standard InChI is InChI=1S/C20H22N2O3/c1-13-7-8-18(14(2)9-13)22-12-15(10-19(22)23)20(24)21-16-5-4-6-17(11-16)25-3/h4-9,11,15H,10,12H2,1-3H3,(H,21,24)/t15-/m1/s1. The van der Waals surface area contributed by atoms with Gasteiger partial charge in [-0.3, -0.25) is 9.59 Å². The van der Waals surface area contributed by atoms with Crippen LogP contribution in [0.1, 0.15) is 17.5 Å². The fourth-order valence-electron chi connectivity index (χ4n) is 3.17. The zero-order valence-electron chi connectivity index (χ0n) is 14.7. The highest BCUT2D eigenvalue weighted by atomic mass is 16.5. The maximum absolute atomic E-state index is 12.5. The fraction of sp³-hybridized carbons (Fsp3) is 0.300. The van der Waals surface area contributed by atoms with Gasteiger partial charge in [-0.15, -0.1) is 0 Å². The zero-order valence-corrected chi connectivity index (χ0v) is 14.7. The van der Waals surface area contributed by atoms with Crippen molar-refractivity contribution in [2.75, 3.05) is 23.9 Å². The largest absolute Gasteiger partial charge is 0.497 e. The molecule has 0 bridgehead atoms. The van der Waals surface area contributed by atoms with Crippen molar-refractivity contribution in [1.29, 1.82) is 0 Å². The van der Waals surface area contributed by atoms with Gasteiger partial charge in [0.25, 0.3) is 0 Å². The van der Waals surface area contributed by atoms with Gasteiger partial charge in [0.2, 0.25) is 11.8 Å². The number of nitrogens with zero attached hydrogens (tertiary/aromatic N) is 1. The van der Waals surface area contributed by atoms with E-state index in [1.165, 1.54) is 0 Å². The minimum absolute atomic E-state index is 0.0160. The summed E-state index contributed by atoms with van der Waals surface area (Å²) in [6, 6.07) is 13.2. The molecule has 0 saturated carbocycles. The first-order valence-electron chi connectivity index (χ1n) is 8.30. The molecule has 1 saturated heterocycles. The first kappa shape index (κ1) is 17.0. The summed E-state index contributed by atoms with van der Waals surface area (Å²) in [6.07, 6.45) is 0.225. The van der Waals surface area contributed by atoms with Crippen LogP contribution in [-0.2, 0) is 9.59 Å². The molecular weight excluding hydrogens is 316 g/mol. The van der Waals surface area contributed by atoms with Crippen molar-refractivity contribution in [3.63, 3.8) is 0 Å². The topological polar surface area (TPSA) is 58.6 Å². The van der Waals surface area contributed by atoms with Gasteiger partial charge in [-0.2, -0.15) is 0 Å². The maximum atomic E-state index is 12.5. The predicted octanol–water partition coefficient (Wildman–Crippen LogP) is 3.30. The number of methoxy groups -OCH3 is 1. The molecule has 0 radical (unpaired) electrons. The molecule has 1 aliphatic rings. The Morgan fingerprint density at radius 3 is 2.72 bits per heavy atom. The lowest BCUT2D eigenvalue weighted by atomic mass is 10.1. The summed E-state index contributed by atoms with van der Waals surface area (Å²) in [5, 5.41) is 2.88. The van der Waals surface area contributed by atoms with Crippen molar-refractivity contribution >= 4 is 23.2 Å².